The highest BCUT2D eigenvalue weighted by atomic mass is 14.0. The van der Waals surface area contributed by atoms with Crippen molar-refractivity contribution < 1.29 is 0 Å². The molecule has 0 aliphatic heterocycles. The molecular formula is C26H64. The molecule has 0 unspecified atom stereocenters. The average molecular weight is 377 g/mol. The van der Waals surface area contributed by atoms with E-state index in [0.29, 0.717) is 0 Å². The van der Waals surface area contributed by atoms with Gasteiger partial charge in [-0.25, -0.2) is 0 Å². The second kappa shape index (κ2) is 85.9. The first-order chi connectivity index (χ1) is 12.5. The molecule has 0 bridgehead atoms. The van der Waals surface area contributed by atoms with E-state index in [-0.39, 0.29) is 0 Å². The molecule has 0 saturated heterocycles. The molecule has 0 aliphatic rings. The fraction of sp³-hybridized carbons (Fsp3) is 0.923. The van der Waals surface area contributed by atoms with E-state index in [1.165, 1.54) is 64.2 Å². The van der Waals surface area contributed by atoms with Crippen LogP contribution in [0.1, 0.15) is 154 Å². The highest BCUT2D eigenvalue weighted by Crippen LogP contribution is 2.06. The van der Waals surface area contributed by atoms with Gasteiger partial charge in [0, 0.05) is 0 Å². The van der Waals surface area contributed by atoms with Gasteiger partial charge in [-0.1, -0.05) is 154 Å². The fourth-order valence-electron chi connectivity index (χ4n) is 1.16. The summed E-state index contributed by atoms with van der Waals surface area (Å²) < 4.78 is 0. The van der Waals surface area contributed by atoms with Crippen LogP contribution in [0.3, 0.4) is 0 Å². The van der Waals surface area contributed by atoms with Crippen molar-refractivity contribution in [3.05, 3.63) is 13.2 Å². The van der Waals surface area contributed by atoms with Crippen molar-refractivity contribution in [2.75, 3.05) is 0 Å². The molecule has 0 nitrogen and oxygen atoms in total. The van der Waals surface area contributed by atoms with E-state index in [0.717, 1.165) is 5.92 Å². The van der Waals surface area contributed by atoms with Gasteiger partial charge in [-0.2, -0.15) is 0 Å². The van der Waals surface area contributed by atoms with Crippen LogP contribution in [0, 0.1) is 5.92 Å². The summed E-state index contributed by atoms with van der Waals surface area (Å²) in [4.78, 5) is 0. The molecule has 0 aliphatic carbocycles. The minimum atomic E-state index is 0.904. The summed E-state index contributed by atoms with van der Waals surface area (Å²) in [5.41, 5.74) is 0. The van der Waals surface area contributed by atoms with E-state index >= 15 is 0 Å². The van der Waals surface area contributed by atoms with E-state index in [9.17, 15) is 0 Å². The predicted molar refractivity (Wildman–Crippen MR) is 135 cm³/mol. The Morgan fingerprint density at radius 2 is 0.769 bits per heavy atom. The summed E-state index contributed by atoms with van der Waals surface area (Å²) in [6.45, 7) is 33.9. The van der Waals surface area contributed by atoms with Gasteiger partial charge in [-0.3, -0.25) is 0 Å². The van der Waals surface area contributed by atoms with Gasteiger partial charge in [-0.05, 0) is 5.92 Å². The van der Waals surface area contributed by atoms with Crippen LogP contribution in [-0.4, -0.2) is 0 Å². The van der Waals surface area contributed by atoms with Crippen molar-refractivity contribution in [3.63, 3.8) is 0 Å². The Kier molecular flexibility index (Phi) is 148. The minimum Gasteiger partial charge on any atom is -0.106 e. The molecule has 0 heteroatoms. The Hall–Kier alpha value is -0.260. The lowest BCUT2D eigenvalue weighted by Gasteiger charge is -2.00. The molecule has 0 N–H and O–H groups in total. The summed E-state index contributed by atoms with van der Waals surface area (Å²) in [5.74, 6) is 0.904. The Labute approximate surface area is 173 Å². The molecule has 0 aromatic carbocycles. The summed E-state index contributed by atoms with van der Waals surface area (Å²) in [6, 6.07) is 0. The predicted octanol–water partition coefficient (Wildman–Crippen LogP) is 11.5. The lowest BCUT2D eigenvalue weighted by atomic mass is 10.1. The zero-order valence-corrected chi connectivity index (χ0v) is 22.1. The van der Waals surface area contributed by atoms with Gasteiger partial charge in [0.05, 0.1) is 0 Å². The van der Waals surface area contributed by atoms with Crippen molar-refractivity contribution in [2.45, 2.75) is 154 Å². The highest BCUT2D eigenvalue weighted by Gasteiger charge is 1.90. The van der Waals surface area contributed by atoms with Crippen molar-refractivity contribution in [2.24, 2.45) is 5.92 Å². The third-order valence-electron chi connectivity index (χ3n) is 2.59. The first kappa shape index (κ1) is 44.9. The summed E-state index contributed by atoms with van der Waals surface area (Å²) in [7, 11) is 0. The molecule has 0 aromatic rings. The number of hydrogen-bond acceptors (Lipinski definition) is 0. The molecule has 0 atom stereocenters. The highest BCUT2D eigenvalue weighted by molar-refractivity contribution is 4.44. The van der Waals surface area contributed by atoms with Crippen molar-refractivity contribution >= 4 is 0 Å². The molecule has 26 heavy (non-hydrogen) atoms. The fourth-order valence-corrected chi connectivity index (χ4v) is 1.16. The van der Waals surface area contributed by atoms with Gasteiger partial charge in [0.25, 0.3) is 0 Å². The Morgan fingerprint density at radius 3 is 0.885 bits per heavy atom. The molecule has 0 radical (unpaired) electrons. The number of hydrogen-bond donors (Lipinski definition) is 0. The Bertz CT molecular complexity index is 101. The maximum Gasteiger partial charge on any atom is -0.0471 e. The second-order valence-electron chi connectivity index (χ2n) is 5.95. The van der Waals surface area contributed by atoms with E-state index < -0.39 is 0 Å². The quantitative estimate of drug-likeness (QED) is 0.306. The van der Waals surface area contributed by atoms with E-state index in [1.54, 1.807) is 0 Å². The van der Waals surface area contributed by atoms with E-state index in [1.807, 2.05) is 27.7 Å². The first-order valence-corrected chi connectivity index (χ1v) is 12.0. The van der Waals surface area contributed by atoms with Gasteiger partial charge in [0.2, 0.25) is 0 Å². The van der Waals surface area contributed by atoms with E-state index in [4.69, 9.17) is 0 Å². The number of rotatable bonds is 7. The minimum absolute atomic E-state index is 0.904. The molecule has 168 valence electrons. The smallest absolute Gasteiger partial charge is 0.0471 e. The van der Waals surface area contributed by atoms with Crippen LogP contribution < -0.4 is 0 Å². The zero-order chi connectivity index (χ0) is 22.6. The SMILES string of the molecule is C=C.CC.CC.CCC.CCCC.CCCCC.CCCCCC(C)C. The Morgan fingerprint density at radius 1 is 0.500 bits per heavy atom. The maximum atomic E-state index is 3.00. The van der Waals surface area contributed by atoms with Crippen LogP contribution in [0.2, 0.25) is 0 Å². The van der Waals surface area contributed by atoms with Crippen LogP contribution >= 0.6 is 0 Å². The van der Waals surface area contributed by atoms with E-state index in [2.05, 4.69) is 75.5 Å². The van der Waals surface area contributed by atoms with Gasteiger partial charge >= 0.3 is 0 Å². The largest absolute Gasteiger partial charge is 0.106 e. The normalized spacial score (nSPS) is 7.31. The molecular weight excluding hydrogens is 312 g/mol. The standard InChI is InChI=1S/C8H18.C5H12.C4H10.C3H8.2C2H6.C2H4/c1-4-5-6-7-8(2)3;1-3-5-4-2;1-3-4-2;1-3-2;3*1-2/h8H,4-7H2,1-3H3;3-5H2,1-2H3;3-4H2,1-2H3;3H2,1-2H3;2*1-2H3;1-2H2. The topological polar surface area (TPSA) is 0 Å². The van der Waals surface area contributed by atoms with Crippen molar-refractivity contribution in [1.82, 2.24) is 0 Å². The molecule has 0 fully saturated rings. The molecule has 0 saturated carbocycles. The van der Waals surface area contributed by atoms with Gasteiger partial charge in [0.15, 0.2) is 0 Å². The molecule has 0 heterocycles. The Balaban J connectivity index is -0.0000000353. The number of unbranched alkanes of at least 4 members (excludes halogenated alkanes) is 5. The molecule has 0 spiro atoms. The van der Waals surface area contributed by atoms with Crippen LogP contribution in [0.4, 0.5) is 0 Å². The van der Waals surface area contributed by atoms with Crippen molar-refractivity contribution in [3.8, 4) is 0 Å². The van der Waals surface area contributed by atoms with Gasteiger partial charge < -0.3 is 0 Å². The maximum absolute atomic E-state index is 3.00. The van der Waals surface area contributed by atoms with Crippen LogP contribution in [-0.2, 0) is 0 Å². The second-order valence-corrected chi connectivity index (χ2v) is 5.95. The summed E-state index contributed by atoms with van der Waals surface area (Å²) in [5, 5.41) is 0. The molecule has 0 aromatic heterocycles. The van der Waals surface area contributed by atoms with Crippen LogP contribution in [0.5, 0.6) is 0 Å². The first-order valence-electron chi connectivity index (χ1n) is 12.0. The van der Waals surface area contributed by atoms with Crippen LogP contribution in [0.15, 0.2) is 13.2 Å². The lowest BCUT2D eigenvalue weighted by molar-refractivity contribution is 0.534. The van der Waals surface area contributed by atoms with Crippen molar-refractivity contribution in [1.29, 1.82) is 0 Å². The zero-order valence-electron chi connectivity index (χ0n) is 22.1. The average Bonchev–Trinajstić information content (AvgIpc) is 2.68. The molecule has 0 amide bonds. The third kappa shape index (κ3) is 205. The van der Waals surface area contributed by atoms with Gasteiger partial charge in [-0.15, -0.1) is 13.2 Å². The summed E-state index contributed by atoms with van der Waals surface area (Å²) in [6.07, 6.45) is 13.6. The third-order valence-corrected chi connectivity index (χ3v) is 2.59. The lowest BCUT2D eigenvalue weighted by Crippen LogP contribution is -1.85. The van der Waals surface area contributed by atoms with Crippen LogP contribution in [0.25, 0.3) is 0 Å². The monoisotopic (exact) mass is 377 g/mol. The summed E-state index contributed by atoms with van der Waals surface area (Å²) >= 11 is 0. The molecule has 0 rings (SSSR count). The van der Waals surface area contributed by atoms with Gasteiger partial charge in [0.1, 0.15) is 0 Å².